The molecule has 3 aromatic heterocycles. The number of amides is 1. The van der Waals surface area contributed by atoms with Gasteiger partial charge in [0.2, 0.25) is 0 Å². The van der Waals surface area contributed by atoms with Crippen molar-refractivity contribution in [2.75, 3.05) is 5.32 Å². The number of carbonyl (C=O) groups is 1. The van der Waals surface area contributed by atoms with Gasteiger partial charge in [-0.25, -0.2) is 14.6 Å². The smallest absolute Gasteiger partial charge is 0.265 e. The second kappa shape index (κ2) is 7.92. The molecular formula is C24H18N6O2. The first-order valence-electron chi connectivity index (χ1n) is 9.97. The minimum Gasteiger partial charge on any atom is -0.319 e. The van der Waals surface area contributed by atoms with E-state index in [4.69, 9.17) is 0 Å². The van der Waals surface area contributed by atoms with E-state index in [9.17, 15) is 9.59 Å². The van der Waals surface area contributed by atoms with Gasteiger partial charge in [0.25, 0.3) is 11.5 Å². The molecule has 0 fully saturated rings. The predicted octanol–water partition coefficient (Wildman–Crippen LogP) is 3.53. The molecule has 0 unspecified atom stereocenters. The van der Waals surface area contributed by atoms with Crippen molar-refractivity contribution in [2.24, 2.45) is 0 Å². The number of anilines is 1. The van der Waals surface area contributed by atoms with E-state index in [-0.39, 0.29) is 11.5 Å². The van der Waals surface area contributed by atoms with E-state index in [0.29, 0.717) is 39.5 Å². The zero-order valence-corrected chi connectivity index (χ0v) is 17.1. The molecule has 0 aliphatic rings. The Bertz CT molecular complexity index is 1490. The number of benzene rings is 2. The second-order valence-electron chi connectivity index (χ2n) is 7.14. The maximum Gasteiger partial charge on any atom is 0.265 e. The Morgan fingerprint density at radius 1 is 0.938 bits per heavy atom. The summed E-state index contributed by atoms with van der Waals surface area (Å²) in [7, 11) is 0. The van der Waals surface area contributed by atoms with Crippen LogP contribution in [0.15, 0.2) is 90.1 Å². The zero-order valence-electron chi connectivity index (χ0n) is 17.1. The Morgan fingerprint density at radius 2 is 1.75 bits per heavy atom. The first-order valence-corrected chi connectivity index (χ1v) is 9.97. The summed E-state index contributed by atoms with van der Waals surface area (Å²) in [5.41, 5.74) is 2.14. The molecule has 0 spiro atoms. The summed E-state index contributed by atoms with van der Waals surface area (Å²) in [6, 6.07) is 19.4. The van der Waals surface area contributed by atoms with E-state index in [2.05, 4.69) is 20.4 Å². The molecule has 3 heterocycles. The monoisotopic (exact) mass is 422 g/mol. The summed E-state index contributed by atoms with van der Waals surface area (Å²) >= 11 is 0. The number of rotatable bonds is 4. The Hall–Kier alpha value is -4.59. The van der Waals surface area contributed by atoms with Crippen molar-refractivity contribution in [3.63, 3.8) is 0 Å². The van der Waals surface area contributed by atoms with E-state index in [1.807, 2.05) is 18.2 Å². The maximum absolute atomic E-state index is 13.0. The Balaban J connectivity index is 1.45. The van der Waals surface area contributed by atoms with Crippen LogP contribution >= 0.6 is 0 Å². The molecule has 5 rings (SSSR count). The first kappa shape index (κ1) is 19.4. The van der Waals surface area contributed by atoms with Gasteiger partial charge in [0, 0.05) is 24.2 Å². The number of aryl methyl sites for hydroxylation is 1. The summed E-state index contributed by atoms with van der Waals surface area (Å²) in [6.45, 7) is 1.79. The topological polar surface area (TPSA) is 94.7 Å². The fourth-order valence-corrected chi connectivity index (χ4v) is 3.58. The molecular weight excluding hydrogens is 404 g/mol. The molecule has 8 heteroatoms. The van der Waals surface area contributed by atoms with E-state index in [1.165, 1.54) is 0 Å². The lowest BCUT2D eigenvalue weighted by atomic mass is 10.1. The normalized spacial score (nSPS) is 10.9. The van der Waals surface area contributed by atoms with Gasteiger partial charge in [-0.2, -0.15) is 5.10 Å². The van der Waals surface area contributed by atoms with Crippen molar-refractivity contribution in [2.45, 2.75) is 6.92 Å². The molecule has 1 amide bonds. The summed E-state index contributed by atoms with van der Waals surface area (Å²) in [5, 5.41) is 7.60. The standard InChI is InChI=1S/C24H18N6O2/c1-16-27-20-7-3-2-6-19(20)24(32)30(16)18-11-9-17(10-12-18)23(31)28-21-8-4-13-25-22(21)29-15-5-14-26-29/h2-15H,1H3,(H,28,31). The number of pyridine rings is 1. The van der Waals surface area contributed by atoms with Crippen LogP contribution in [-0.2, 0) is 0 Å². The largest absolute Gasteiger partial charge is 0.319 e. The summed E-state index contributed by atoms with van der Waals surface area (Å²) in [5.74, 6) is 0.802. The number of fused-ring (bicyclic) bond motifs is 1. The highest BCUT2D eigenvalue weighted by atomic mass is 16.1. The van der Waals surface area contributed by atoms with Crippen LogP contribution in [0.3, 0.4) is 0 Å². The average molecular weight is 422 g/mol. The SMILES string of the molecule is Cc1nc2ccccc2c(=O)n1-c1ccc(C(=O)Nc2cccnc2-n2cccn2)cc1. The average Bonchev–Trinajstić information content (AvgIpc) is 3.35. The maximum atomic E-state index is 13.0. The summed E-state index contributed by atoms with van der Waals surface area (Å²) < 4.78 is 3.13. The third-order valence-electron chi connectivity index (χ3n) is 5.09. The Labute approximate surface area is 182 Å². The van der Waals surface area contributed by atoms with Gasteiger partial charge in [-0.3, -0.25) is 14.2 Å². The molecule has 0 aliphatic carbocycles. The lowest BCUT2D eigenvalue weighted by Crippen LogP contribution is -2.22. The van der Waals surface area contributed by atoms with E-state index in [0.717, 1.165) is 0 Å². The van der Waals surface area contributed by atoms with Crippen LogP contribution in [0, 0.1) is 6.92 Å². The molecule has 8 nitrogen and oxygen atoms in total. The summed E-state index contributed by atoms with van der Waals surface area (Å²) in [6.07, 6.45) is 5.04. The number of hydrogen-bond donors (Lipinski definition) is 1. The van der Waals surface area contributed by atoms with E-state index in [1.54, 1.807) is 83.3 Å². The number of hydrogen-bond acceptors (Lipinski definition) is 5. The van der Waals surface area contributed by atoms with E-state index < -0.39 is 0 Å². The molecule has 156 valence electrons. The lowest BCUT2D eigenvalue weighted by Gasteiger charge is -2.12. The minimum atomic E-state index is -0.293. The molecule has 0 saturated heterocycles. The van der Waals surface area contributed by atoms with Gasteiger partial charge < -0.3 is 5.32 Å². The van der Waals surface area contributed by atoms with Gasteiger partial charge in [-0.05, 0) is 61.5 Å². The minimum absolute atomic E-state index is 0.149. The fourth-order valence-electron chi connectivity index (χ4n) is 3.58. The molecule has 1 N–H and O–H groups in total. The quantitative estimate of drug-likeness (QED) is 0.478. The Morgan fingerprint density at radius 3 is 2.53 bits per heavy atom. The third-order valence-corrected chi connectivity index (χ3v) is 5.09. The molecule has 2 aromatic carbocycles. The molecule has 0 radical (unpaired) electrons. The second-order valence-corrected chi connectivity index (χ2v) is 7.14. The van der Waals surface area contributed by atoms with Crippen molar-refractivity contribution >= 4 is 22.5 Å². The van der Waals surface area contributed by atoms with E-state index >= 15 is 0 Å². The van der Waals surface area contributed by atoms with Gasteiger partial charge in [0.1, 0.15) is 5.82 Å². The van der Waals surface area contributed by atoms with Gasteiger partial charge >= 0.3 is 0 Å². The number of nitrogens with one attached hydrogen (secondary N) is 1. The first-order chi connectivity index (χ1) is 15.6. The highest BCUT2D eigenvalue weighted by Crippen LogP contribution is 2.18. The number of aromatic nitrogens is 5. The van der Waals surface area contributed by atoms with Crippen LogP contribution in [0.25, 0.3) is 22.4 Å². The molecule has 0 aliphatic heterocycles. The van der Waals surface area contributed by atoms with Crippen molar-refractivity contribution in [1.29, 1.82) is 0 Å². The van der Waals surface area contributed by atoms with Crippen LogP contribution in [-0.4, -0.2) is 30.2 Å². The third kappa shape index (κ3) is 3.43. The van der Waals surface area contributed by atoms with Gasteiger partial charge in [-0.1, -0.05) is 12.1 Å². The lowest BCUT2D eigenvalue weighted by molar-refractivity contribution is 0.102. The highest BCUT2D eigenvalue weighted by molar-refractivity contribution is 6.05. The van der Waals surface area contributed by atoms with Crippen molar-refractivity contribution in [3.8, 4) is 11.5 Å². The van der Waals surface area contributed by atoms with Crippen molar-refractivity contribution < 1.29 is 4.79 Å². The fraction of sp³-hybridized carbons (Fsp3) is 0.0417. The van der Waals surface area contributed by atoms with Gasteiger partial charge in [0.15, 0.2) is 5.82 Å². The van der Waals surface area contributed by atoms with Crippen LogP contribution in [0.2, 0.25) is 0 Å². The molecule has 5 aromatic rings. The highest BCUT2D eigenvalue weighted by Gasteiger charge is 2.13. The number of carbonyl (C=O) groups excluding carboxylic acids is 1. The van der Waals surface area contributed by atoms with Crippen molar-refractivity contribution in [3.05, 3.63) is 107 Å². The van der Waals surface area contributed by atoms with Crippen LogP contribution in [0.1, 0.15) is 16.2 Å². The zero-order chi connectivity index (χ0) is 22.1. The molecule has 0 atom stereocenters. The molecule has 0 saturated carbocycles. The van der Waals surface area contributed by atoms with Crippen LogP contribution < -0.4 is 10.9 Å². The van der Waals surface area contributed by atoms with Gasteiger partial charge in [-0.15, -0.1) is 0 Å². The molecule has 32 heavy (non-hydrogen) atoms. The van der Waals surface area contributed by atoms with Crippen molar-refractivity contribution in [1.82, 2.24) is 24.3 Å². The van der Waals surface area contributed by atoms with Crippen LogP contribution in [0.5, 0.6) is 0 Å². The summed E-state index contributed by atoms with van der Waals surface area (Å²) in [4.78, 5) is 34.7. The molecule has 0 bridgehead atoms. The Kier molecular flexibility index (Phi) is 4.79. The van der Waals surface area contributed by atoms with Crippen LogP contribution in [0.4, 0.5) is 5.69 Å². The number of nitrogens with zero attached hydrogens (tertiary/aromatic N) is 5. The van der Waals surface area contributed by atoms with Gasteiger partial charge in [0.05, 0.1) is 22.3 Å². The predicted molar refractivity (Wildman–Crippen MR) is 121 cm³/mol. The number of para-hydroxylation sites is 1.